The fraction of sp³-hybridized carbons (Fsp3) is 0.333. The van der Waals surface area contributed by atoms with Crippen molar-refractivity contribution in [3.8, 4) is 17.0 Å². The van der Waals surface area contributed by atoms with Crippen LogP contribution < -0.4 is 4.74 Å². The minimum absolute atomic E-state index is 0.0203. The number of aromatic nitrogens is 1. The van der Waals surface area contributed by atoms with Crippen molar-refractivity contribution in [2.24, 2.45) is 0 Å². The predicted molar refractivity (Wildman–Crippen MR) is 112 cm³/mol. The van der Waals surface area contributed by atoms with E-state index in [1.165, 1.54) is 17.5 Å². The number of nitrogens with zero attached hydrogens (tertiary/aromatic N) is 2. The minimum Gasteiger partial charge on any atom is -0.484 e. The lowest BCUT2D eigenvalue weighted by atomic mass is 10.1. The lowest BCUT2D eigenvalue weighted by Crippen LogP contribution is -2.32. The smallest absolute Gasteiger partial charge is 0.260 e. The fourth-order valence-electron chi connectivity index (χ4n) is 3.68. The Labute approximate surface area is 171 Å². The molecule has 1 aliphatic carbocycles. The molecule has 0 aliphatic heterocycles. The average Bonchev–Trinajstić information content (AvgIpc) is 3.41. The molecule has 0 bridgehead atoms. The van der Waals surface area contributed by atoms with Crippen LogP contribution in [0, 0.1) is 0 Å². The van der Waals surface area contributed by atoms with E-state index in [1.807, 2.05) is 49.5 Å². The highest BCUT2D eigenvalue weighted by Gasteiger charge is 2.14. The predicted octanol–water partition coefficient (Wildman–Crippen LogP) is 4.30. The number of carbonyl (C=O) groups is 1. The van der Waals surface area contributed by atoms with Gasteiger partial charge in [-0.2, -0.15) is 0 Å². The molecule has 2 aromatic carbocycles. The lowest BCUT2D eigenvalue weighted by molar-refractivity contribution is -0.132. The second kappa shape index (κ2) is 8.95. The molecule has 0 unspecified atom stereocenters. The van der Waals surface area contributed by atoms with E-state index in [1.54, 1.807) is 4.90 Å². The van der Waals surface area contributed by atoms with Crippen molar-refractivity contribution in [3.63, 3.8) is 0 Å². The first kappa shape index (κ1) is 19.2. The summed E-state index contributed by atoms with van der Waals surface area (Å²) in [7, 11) is 1.81. The molecule has 150 valence electrons. The fourth-order valence-corrected chi connectivity index (χ4v) is 3.68. The molecule has 29 heavy (non-hydrogen) atoms. The Morgan fingerprint density at radius 2 is 1.93 bits per heavy atom. The van der Waals surface area contributed by atoms with Crippen LogP contribution >= 0.6 is 0 Å². The Kier molecular flexibility index (Phi) is 5.94. The van der Waals surface area contributed by atoms with Crippen molar-refractivity contribution >= 4 is 5.91 Å². The van der Waals surface area contributed by atoms with Gasteiger partial charge >= 0.3 is 0 Å². The van der Waals surface area contributed by atoms with Gasteiger partial charge in [0.2, 0.25) is 0 Å². The summed E-state index contributed by atoms with van der Waals surface area (Å²) in [6.45, 7) is 0.712. The third-order valence-corrected chi connectivity index (χ3v) is 5.40. The van der Waals surface area contributed by atoms with Gasteiger partial charge in [-0.05, 0) is 48.9 Å². The Balaban J connectivity index is 1.21. The maximum absolute atomic E-state index is 12.3. The van der Waals surface area contributed by atoms with E-state index in [0.29, 0.717) is 6.54 Å². The van der Waals surface area contributed by atoms with Crippen molar-refractivity contribution in [1.82, 2.24) is 10.1 Å². The van der Waals surface area contributed by atoms with E-state index in [2.05, 4.69) is 17.3 Å². The third-order valence-electron chi connectivity index (χ3n) is 5.40. The van der Waals surface area contributed by atoms with E-state index in [-0.39, 0.29) is 12.5 Å². The maximum Gasteiger partial charge on any atom is 0.260 e. The topological polar surface area (TPSA) is 55.6 Å². The van der Waals surface area contributed by atoms with E-state index in [9.17, 15) is 4.79 Å². The van der Waals surface area contributed by atoms with Gasteiger partial charge in [-0.1, -0.05) is 41.6 Å². The number of ether oxygens (including phenoxy) is 1. The molecule has 0 saturated heterocycles. The second-order valence-corrected chi connectivity index (χ2v) is 7.54. The number of fused-ring (bicyclic) bond motifs is 1. The normalized spacial score (nSPS) is 12.6. The van der Waals surface area contributed by atoms with Gasteiger partial charge in [-0.15, -0.1) is 0 Å². The highest BCUT2D eigenvalue weighted by atomic mass is 16.5. The number of hydrogen-bond donors (Lipinski definition) is 0. The van der Waals surface area contributed by atoms with Crippen LogP contribution in [0.4, 0.5) is 0 Å². The zero-order chi connectivity index (χ0) is 20.1. The first-order valence-electron chi connectivity index (χ1n) is 10.2. The van der Waals surface area contributed by atoms with Gasteiger partial charge in [0.05, 0.1) is 0 Å². The molecular formula is C24H26N2O3. The molecule has 0 fully saturated rings. The van der Waals surface area contributed by atoms with Gasteiger partial charge in [0.15, 0.2) is 6.61 Å². The quantitative estimate of drug-likeness (QED) is 0.575. The van der Waals surface area contributed by atoms with E-state index < -0.39 is 0 Å². The number of likely N-dealkylation sites (N-methyl/N-ethyl adjacent to an activating group) is 1. The van der Waals surface area contributed by atoms with Gasteiger partial charge in [0, 0.05) is 31.6 Å². The largest absolute Gasteiger partial charge is 0.484 e. The van der Waals surface area contributed by atoms with Gasteiger partial charge in [0.1, 0.15) is 17.2 Å². The molecule has 1 aliphatic rings. The van der Waals surface area contributed by atoms with E-state index in [0.717, 1.165) is 48.5 Å². The summed E-state index contributed by atoms with van der Waals surface area (Å²) in [5.74, 6) is 1.59. The maximum atomic E-state index is 12.3. The molecule has 5 heteroatoms. The zero-order valence-electron chi connectivity index (χ0n) is 16.8. The lowest BCUT2D eigenvalue weighted by Gasteiger charge is -2.17. The Hall–Kier alpha value is -3.08. The van der Waals surface area contributed by atoms with Crippen molar-refractivity contribution in [2.75, 3.05) is 20.2 Å². The number of carbonyl (C=O) groups excluding carboxylic acids is 1. The summed E-state index contributed by atoms with van der Waals surface area (Å²) in [6, 6.07) is 18.1. The van der Waals surface area contributed by atoms with Crippen LogP contribution in [0.3, 0.4) is 0 Å². The summed E-state index contributed by atoms with van der Waals surface area (Å²) < 4.78 is 11.1. The van der Waals surface area contributed by atoms with Crippen LogP contribution in [0.15, 0.2) is 59.1 Å². The minimum atomic E-state index is -0.0203. The molecule has 1 aromatic heterocycles. The number of amides is 1. The second-order valence-electron chi connectivity index (χ2n) is 7.54. The monoisotopic (exact) mass is 390 g/mol. The number of hydrogen-bond acceptors (Lipinski definition) is 4. The van der Waals surface area contributed by atoms with Crippen LogP contribution in [0.5, 0.6) is 5.75 Å². The molecule has 0 radical (unpaired) electrons. The molecule has 0 spiro atoms. The first-order chi connectivity index (χ1) is 14.2. The summed E-state index contributed by atoms with van der Waals surface area (Å²) in [5.41, 5.74) is 4.64. The summed E-state index contributed by atoms with van der Waals surface area (Å²) >= 11 is 0. The summed E-state index contributed by atoms with van der Waals surface area (Å²) in [4.78, 5) is 14.1. The molecule has 0 saturated carbocycles. The SMILES string of the molecule is CN(CCCc1cc(-c2ccccc2)no1)C(=O)COc1ccc2c(c1)CCC2. The van der Waals surface area contributed by atoms with Crippen LogP contribution in [0.1, 0.15) is 29.7 Å². The third kappa shape index (κ3) is 4.86. The summed E-state index contributed by atoms with van der Waals surface area (Å²) in [6.07, 6.45) is 5.01. The highest BCUT2D eigenvalue weighted by molar-refractivity contribution is 5.77. The van der Waals surface area contributed by atoms with Crippen LogP contribution in [0.2, 0.25) is 0 Å². The Morgan fingerprint density at radius 1 is 1.10 bits per heavy atom. The molecule has 0 N–H and O–H groups in total. The highest BCUT2D eigenvalue weighted by Crippen LogP contribution is 2.26. The molecule has 0 atom stereocenters. The first-order valence-corrected chi connectivity index (χ1v) is 10.2. The van der Waals surface area contributed by atoms with Gasteiger partial charge < -0.3 is 14.2 Å². The van der Waals surface area contributed by atoms with Crippen LogP contribution in [-0.4, -0.2) is 36.2 Å². The van der Waals surface area contributed by atoms with Crippen molar-refractivity contribution in [3.05, 3.63) is 71.5 Å². The van der Waals surface area contributed by atoms with E-state index >= 15 is 0 Å². The number of aryl methyl sites for hydroxylation is 3. The van der Waals surface area contributed by atoms with Crippen molar-refractivity contribution in [2.45, 2.75) is 32.1 Å². The van der Waals surface area contributed by atoms with Gasteiger partial charge in [-0.3, -0.25) is 4.79 Å². The molecule has 1 amide bonds. The van der Waals surface area contributed by atoms with E-state index in [4.69, 9.17) is 9.26 Å². The van der Waals surface area contributed by atoms with Crippen LogP contribution in [-0.2, 0) is 24.1 Å². The van der Waals surface area contributed by atoms with Crippen LogP contribution in [0.25, 0.3) is 11.3 Å². The molecule has 3 aromatic rings. The number of rotatable bonds is 8. The van der Waals surface area contributed by atoms with Gasteiger partial charge in [-0.25, -0.2) is 0 Å². The van der Waals surface area contributed by atoms with Crippen molar-refractivity contribution in [1.29, 1.82) is 0 Å². The van der Waals surface area contributed by atoms with Gasteiger partial charge in [0.25, 0.3) is 5.91 Å². The Morgan fingerprint density at radius 3 is 2.79 bits per heavy atom. The Bertz CT molecular complexity index is 965. The number of benzene rings is 2. The molecule has 1 heterocycles. The van der Waals surface area contributed by atoms with Crippen molar-refractivity contribution < 1.29 is 14.1 Å². The summed E-state index contributed by atoms with van der Waals surface area (Å²) in [5, 5.41) is 4.13. The molecular weight excluding hydrogens is 364 g/mol. The standard InChI is InChI=1S/C24H26N2O3/c1-26(24(27)17-28-21-13-12-18-9-5-10-20(18)15-21)14-6-11-22-16-23(25-29-22)19-7-3-2-4-8-19/h2-4,7-8,12-13,15-16H,5-6,9-11,14,17H2,1H3. The average molecular weight is 390 g/mol. The molecule has 4 rings (SSSR count). The molecule has 5 nitrogen and oxygen atoms in total. The zero-order valence-corrected chi connectivity index (χ0v) is 16.8.